The largest absolute Gasteiger partial charge is 0.463 e. The lowest BCUT2D eigenvalue weighted by atomic mass is 9.98. The molecule has 0 fully saturated rings. The molecule has 0 radical (unpaired) electrons. The van der Waals surface area contributed by atoms with Crippen LogP contribution < -0.4 is 4.74 Å². The molecule has 0 saturated carbocycles. The molecule has 0 spiro atoms. The van der Waals surface area contributed by atoms with E-state index < -0.39 is 0 Å². The van der Waals surface area contributed by atoms with Crippen LogP contribution in [0, 0.1) is 6.92 Å². The van der Waals surface area contributed by atoms with Gasteiger partial charge in [-0.05, 0) is 49.2 Å². The number of aromatic amines is 1. The summed E-state index contributed by atoms with van der Waals surface area (Å²) in [5, 5.41) is 2.00. The number of hydrogen-bond donors (Lipinski definition) is 1. The van der Waals surface area contributed by atoms with Gasteiger partial charge in [0.2, 0.25) is 0 Å². The van der Waals surface area contributed by atoms with Crippen LogP contribution >= 0.6 is 15.9 Å². The predicted octanol–water partition coefficient (Wildman–Crippen LogP) is 4.81. The van der Waals surface area contributed by atoms with Crippen molar-refractivity contribution in [3.8, 4) is 5.75 Å². The first kappa shape index (κ1) is 18.5. The van der Waals surface area contributed by atoms with Gasteiger partial charge >= 0.3 is 11.9 Å². The summed E-state index contributed by atoms with van der Waals surface area (Å²) in [6, 6.07) is 7.88. The number of aromatic nitrogens is 1. The number of ether oxygens (including phenoxy) is 2. The molecule has 1 heterocycles. The SMILES string of the molecule is CC(=O)Oc1cc2c([nH]c3ccc(Br)cc32)c(C[C@H](C)OC(C)=O)c1C. The van der Waals surface area contributed by atoms with Gasteiger partial charge in [0.25, 0.3) is 0 Å². The Labute approximate surface area is 159 Å². The summed E-state index contributed by atoms with van der Waals surface area (Å²) >= 11 is 3.51. The van der Waals surface area contributed by atoms with Gasteiger partial charge in [-0.1, -0.05) is 15.9 Å². The van der Waals surface area contributed by atoms with Gasteiger partial charge in [0.15, 0.2) is 0 Å². The van der Waals surface area contributed by atoms with E-state index in [1.54, 1.807) is 0 Å². The van der Waals surface area contributed by atoms with Crippen molar-refractivity contribution in [3.63, 3.8) is 0 Å². The van der Waals surface area contributed by atoms with E-state index in [2.05, 4.69) is 20.9 Å². The molecule has 1 aromatic heterocycles. The molecular weight excluding hydrogens is 398 g/mol. The van der Waals surface area contributed by atoms with E-state index in [0.717, 1.165) is 37.4 Å². The molecule has 0 saturated heterocycles. The summed E-state index contributed by atoms with van der Waals surface area (Å²) in [5.41, 5.74) is 3.78. The molecule has 26 heavy (non-hydrogen) atoms. The number of H-pyrrole nitrogens is 1. The van der Waals surface area contributed by atoms with Crippen LogP contribution in [0.15, 0.2) is 28.7 Å². The molecule has 0 unspecified atom stereocenters. The van der Waals surface area contributed by atoms with Gasteiger partial charge in [-0.3, -0.25) is 9.59 Å². The molecule has 3 aromatic rings. The quantitative estimate of drug-likeness (QED) is 0.488. The first-order valence-electron chi connectivity index (χ1n) is 8.35. The average molecular weight is 418 g/mol. The summed E-state index contributed by atoms with van der Waals surface area (Å²) in [4.78, 5) is 26.3. The topological polar surface area (TPSA) is 68.4 Å². The number of hydrogen-bond acceptors (Lipinski definition) is 4. The van der Waals surface area contributed by atoms with Gasteiger partial charge < -0.3 is 14.5 Å². The lowest BCUT2D eigenvalue weighted by Crippen LogP contribution is -2.16. The molecule has 3 rings (SSSR count). The van der Waals surface area contributed by atoms with Gasteiger partial charge in [-0.2, -0.15) is 0 Å². The highest BCUT2D eigenvalue weighted by atomic mass is 79.9. The fourth-order valence-corrected chi connectivity index (χ4v) is 3.64. The van der Waals surface area contributed by atoms with E-state index >= 15 is 0 Å². The van der Waals surface area contributed by atoms with Crippen LogP contribution in [-0.4, -0.2) is 23.0 Å². The Morgan fingerprint density at radius 1 is 1.15 bits per heavy atom. The standard InChI is InChI=1S/C20H20BrNO4/c1-10(25-12(3)23)7-15-11(2)19(26-13(4)24)9-17-16-8-14(21)5-6-18(16)22-20(15)17/h5-6,8-10,22H,7H2,1-4H3/t10-/m0/s1. The van der Waals surface area contributed by atoms with Crippen LogP contribution in [0.1, 0.15) is 31.9 Å². The second-order valence-electron chi connectivity index (χ2n) is 6.43. The van der Waals surface area contributed by atoms with Crippen molar-refractivity contribution in [3.05, 3.63) is 39.9 Å². The summed E-state index contributed by atoms with van der Waals surface area (Å²) in [6.07, 6.45) is 0.227. The van der Waals surface area contributed by atoms with Crippen molar-refractivity contribution < 1.29 is 19.1 Å². The number of rotatable bonds is 4. The Morgan fingerprint density at radius 2 is 1.88 bits per heavy atom. The van der Waals surface area contributed by atoms with Gasteiger partial charge in [-0.25, -0.2) is 0 Å². The fraction of sp³-hybridized carbons (Fsp3) is 0.300. The van der Waals surface area contributed by atoms with Crippen LogP contribution in [0.25, 0.3) is 21.8 Å². The van der Waals surface area contributed by atoms with Crippen molar-refractivity contribution in [2.24, 2.45) is 0 Å². The second kappa shape index (κ2) is 7.11. The van der Waals surface area contributed by atoms with E-state index in [1.165, 1.54) is 13.8 Å². The van der Waals surface area contributed by atoms with Crippen LogP contribution in [0.3, 0.4) is 0 Å². The highest BCUT2D eigenvalue weighted by Crippen LogP contribution is 2.36. The van der Waals surface area contributed by atoms with Crippen molar-refractivity contribution >= 4 is 49.7 Å². The Bertz CT molecular complexity index is 1020. The molecule has 1 N–H and O–H groups in total. The molecular formula is C20H20BrNO4. The fourth-order valence-electron chi connectivity index (χ4n) is 3.28. The molecule has 0 aliphatic carbocycles. The van der Waals surface area contributed by atoms with Crippen LogP contribution in [-0.2, 0) is 20.7 Å². The maximum absolute atomic E-state index is 11.5. The maximum Gasteiger partial charge on any atom is 0.308 e. The zero-order chi connectivity index (χ0) is 19.0. The van der Waals surface area contributed by atoms with Crippen molar-refractivity contribution in [2.45, 2.75) is 40.2 Å². The summed E-state index contributed by atoms with van der Waals surface area (Å²) in [5.74, 6) is -0.161. The lowest BCUT2D eigenvalue weighted by Gasteiger charge is -2.17. The first-order chi connectivity index (χ1) is 12.3. The zero-order valence-electron chi connectivity index (χ0n) is 15.1. The minimum Gasteiger partial charge on any atom is -0.463 e. The number of fused-ring (bicyclic) bond motifs is 3. The number of esters is 2. The molecule has 0 aliphatic rings. The van der Waals surface area contributed by atoms with Gasteiger partial charge in [-0.15, -0.1) is 0 Å². The van der Waals surface area contributed by atoms with Crippen molar-refractivity contribution in [2.75, 3.05) is 0 Å². The normalized spacial score (nSPS) is 12.3. The third kappa shape index (κ3) is 3.60. The van der Waals surface area contributed by atoms with Crippen molar-refractivity contribution in [1.82, 2.24) is 4.98 Å². The van der Waals surface area contributed by atoms with Crippen LogP contribution in [0.2, 0.25) is 0 Å². The molecule has 136 valence electrons. The second-order valence-corrected chi connectivity index (χ2v) is 7.35. The van der Waals surface area contributed by atoms with Crippen LogP contribution in [0.4, 0.5) is 0 Å². The number of nitrogens with one attached hydrogen (secondary N) is 1. The summed E-state index contributed by atoms with van der Waals surface area (Å²) in [6.45, 7) is 6.55. The Hall–Kier alpha value is -2.34. The van der Waals surface area contributed by atoms with E-state index in [-0.39, 0.29) is 18.0 Å². The van der Waals surface area contributed by atoms with E-state index in [1.807, 2.05) is 38.1 Å². The highest BCUT2D eigenvalue weighted by molar-refractivity contribution is 9.10. The zero-order valence-corrected chi connectivity index (χ0v) is 16.7. The van der Waals surface area contributed by atoms with E-state index in [4.69, 9.17) is 9.47 Å². The highest BCUT2D eigenvalue weighted by Gasteiger charge is 2.19. The number of benzene rings is 2. The molecule has 2 aromatic carbocycles. The minimum absolute atomic E-state index is 0.292. The third-order valence-electron chi connectivity index (χ3n) is 4.31. The maximum atomic E-state index is 11.5. The molecule has 5 nitrogen and oxygen atoms in total. The number of carbonyl (C=O) groups excluding carboxylic acids is 2. The minimum atomic E-state index is -0.368. The average Bonchev–Trinajstić information content (AvgIpc) is 2.88. The summed E-state index contributed by atoms with van der Waals surface area (Å²) in [7, 11) is 0. The summed E-state index contributed by atoms with van der Waals surface area (Å²) < 4.78 is 11.7. The van der Waals surface area contributed by atoms with Gasteiger partial charge in [0.05, 0.1) is 5.52 Å². The lowest BCUT2D eigenvalue weighted by molar-refractivity contribution is -0.145. The van der Waals surface area contributed by atoms with Crippen LogP contribution in [0.5, 0.6) is 5.75 Å². The molecule has 0 amide bonds. The van der Waals surface area contributed by atoms with Crippen molar-refractivity contribution in [1.29, 1.82) is 0 Å². The Kier molecular flexibility index (Phi) is 5.05. The number of halogens is 1. The molecule has 0 aliphatic heterocycles. The molecule has 1 atom stereocenters. The Morgan fingerprint density at radius 3 is 2.54 bits per heavy atom. The number of carbonyl (C=O) groups is 2. The third-order valence-corrected chi connectivity index (χ3v) is 4.81. The van der Waals surface area contributed by atoms with Gasteiger partial charge in [0.1, 0.15) is 11.9 Å². The van der Waals surface area contributed by atoms with E-state index in [0.29, 0.717) is 12.2 Å². The molecule has 6 heteroatoms. The monoisotopic (exact) mass is 417 g/mol. The van der Waals surface area contributed by atoms with E-state index in [9.17, 15) is 9.59 Å². The predicted molar refractivity (Wildman–Crippen MR) is 104 cm³/mol. The van der Waals surface area contributed by atoms with Gasteiger partial charge in [0, 0.05) is 41.0 Å². The smallest absolute Gasteiger partial charge is 0.308 e. The first-order valence-corrected chi connectivity index (χ1v) is 9.14. The molecule has 0 bridgehead atoms. The Balaban J connectivity index is 2.24.